The number of ether oxygens (including phenoxy) is 3. The molecular formula is C21H26FN9O6S. The molecule has 204 valence electrons. The average Bonchev–Trinajstić information content (AvgIpc) is 3.58. The fourth-order valence-electron chi connectivity index (χ4n) is 4.50. The van der Waals surface area contributed by atoms with Gasteiger partial charge in [0.25, 0.3) is 0 Å². The van der Waals surface area contributed by atoms with Crippen LogP contribution in [0.1, 0.15) is 31.2 Å². The topological polar surface area (TPSA) is 180 Å². The molecule has 2 N–H and O–H groups in total. The number of piperidine rings is 1. The average molecular weight is 552 g/mol. The number of aromatic nitrogens is 7. The second-order valence-corrected chi connectivity index (χ2v) is 10.7. The van der Waals surface area contributed by atoms with Crippen LogP contribution in [0, 0.1) is 5.82 Å². The van der Waals surface area contributed by atoms with E-state index in [-0.39, 0.29) is 48.9 Å². The second kappa shape index (κ2) is 10.6. The normalized spacial score (nSPS) is 21.9. The summed E-state index contributed by atoms with van der Waals surface area (Å²) in [5, 5.41) is 17.7. The molecule has 0 spiro atoms. The Morgan fingerprint density at radius 3 is 2.45 bits per heavy atom. The molecule has 2 aliphatic rings. The fraction of sp³-hybridized carbons (Fsp3) is 0.524. The van der Waals surface area contributed by atoms with E-state index < -0.39 is 33.3 Å². The first-order valence-corrected chi connectivity index (χ1v) is 13.3. The van der Waals surface area contributed by atoms with Crippen LogP contribution in [0.2, 0.25) is 0 Å². The molecule has 0 saturated carbocycles. The van der Waals surface area contributed by atoms with Gasteiger partial charge in [-0.05, 0) is 19.3 Å². The summed E-state index contributed by atoms with van der Waals surface area (Å²) in [5.74, 6) is -0.171. The van der Waals surface area contributed by atoms with Crippen molar-refractivity contribution in [3.05, 3.63) is 30.4 Å². The summed E-state index contributed by atoms with van der Waals surface area (Å²) >= 11 is 0. The number of aliphatic hydroxyl groups excluding tert-OH is 1. The number of sulfonamides is 1. The minimum atomic E-state index is -4.17. The van der Waals surface area contributed by atoms with Crippen LogP contribution in [0.5, 0.6) is 11.8 Å². The monoisotopic (exact) mass is 551 g/mol. The minimum absolute atomic E-state index is 0.0498. The maximum atomic E-state index is 13.6. The fourth-order valence-corrected chi connectivity index (χ4v) is 5.91. The van der Waals surface area contributed by atoms with Gasteiger partial charge in [-0.2, -0.15) is 9.97 Å². The molecule has 2 aliphatic heterocycles. The van der Waals surface area contributed by atoms with E-state index in [0.29, 0.717) is 18.9 Å². The van der Waals surface area contributed by atoms with Crippen molar-refractivity contribution in [1.82, 2.24) is 34.7 Å². The molecule has 0 aliphatic carbocycles. The molecule has 15 nitrogen and oxygen atoms in total. The Balaban J connectivity index is 1.51. The van der Waals surface area contributed by atoms with Gasteiger partial charge in [-0.1, -0.05) is 0 Å². The largest absolute Gasteiger partial charge is 0.479 e. The van der Waals surface area contributed by atoms with Crippen molar-refractivity contribution >= 4 is 21.9 Å². The number of halogens is 1. The van der Waals surface area contributed by atoms with Gasteiger partial charge < -0.3 is 24.2 Å². The third-order valence-electron chi connectivity index (χ3n) is 6.22. The Labute approximate surface area is 217 Å². The van der Waals surface area contributed by atoms with Crippen LogP contribution in [0.15, 0.2) is 18.7 Å². The van der Waals surface area contributed by atoms with Gasteiger partial charge in [0, 0.05) is 19.7 Å². The first-order valence-electron chi connectivity index (χ1n) is 11.7. The highest BCUT2D eigenvalue weighted by molar-refractivity contribution is 7.93. The van der Waals surface area contributed by atoms with E-state index in [4.69, 9.17) is 14.2 Å². The summed E-state index contributed by atoms with van der Waals surface area (Å²) in [7, 11) is -1.36. The van der Waals surface area contributed by atoms with Gasteiger partial charge in [0.05, 0.1) is 32.7 Å². The van der Waals surface area contributed by atoms with E-state index in [2.05, 4.69) is 34.9 Å². The van der Waals surface area contributed by atoms with Gasteiger partial charge in [-0.3, -0.25) is 9.29 Å². The standard InChI is InChI=1S/C21H26FN9O6S/c1-35-18-16(19(36-2)26-11-25-18)31-17(15-4-3-5-37-15)27-28-21(31)29-38(33,34)14-6-13(32)9-30(10-14)20-23-7-12(22)8-24-20/h7-8,11,13-15,32H,3-6,9-10H2,1-2H3,(H,28,29)/t13-,14-,15?/m0/s1. The first-order chi connectivity index (χ1) is 18.3. The maximum Gasteiger partial charge on any atom is 0.245 e. The predicted octanol–water partition coefficient (Wildman–Crippen LogP) is 0.237. The highest BCUT2D eigenvalue weighted by atomic mass is 32.2. The second-order valence-electron chi connectivity index (χ2n) is 8.72. The van der Waals surface area contributed by atoms with E-state index in [9.17, 15) is 17.9 Å². The molecule has 2 fully saturated rings. The number of β-amino-alcohol motifs (C(OH)–C–C–N with tert-alkyl or cyclic N) is 1. The number of hydrogen-bond acceptors (Lipinski definition) is 13. The van der Waals surface area contributed by atoms with Crippen LogP contribution in [0.3, 0.4) is 0 Å². The minimum Gasteiger partial charge on any atom is -0.479 e. The van der Waals surface area contributed by atoms with Crippen molar-refractivity contribution < 1.29 is 32.1 Å². The molecule has 3 aromatic rings. The summed E-state index contributed by atoms with van der Waals surface area (Å²) in [6, 6.07) is 0. The van der Waals surface area contributed by atoms with E-state index in [1.807, 2.05) is 0 Å². The smallest absolute Gasteiger partial charge is 0.245 e. The highest BCUT2D eigenvalue weighted by Crippen LogP contribution is 2.37. The van der Waals surface area contributed by atoms with E-state index in [1.165, 1.54) is 30.0 Å². The lowest BCUT2D eigenvalue weighted by atomic mass is 10.1. The maximum absolute atomic E-state index is 13.6. The van der Waals surface area contributed by atoms with Crippen molar-refractivity contribution in [2.24, 2.45) is 0 Å². The van der Waals surface area contributed by atoms with Crippen LogP contribution in [-0.2, 0) is 14.8 Å². The van der Waals surface area contributed by atoms with E-state index in [0.717, 1.165) is 18.8 Å². The van der Waals surface area contributed by atoms with Crippen LogP contribution in [-0.4, -0.2) is 93.5 Å². The summed E-state index contributed by atoms with van der Waals surface area (Å²) in [6.45, 7) is 0.554. The summed E-state index contributed by atoms with van der Waals surface area (Å²) in [5.41, 5.74) is 0.190. The van der Waals surface area contributed by atoms with Crippen LogP contribution in [0.25, 0.3) is 5.69 Å². The Morgan fingerprint density at radius 1 is 1.11 bits per heavy atom. The Bertz CT molecular complexity index is 1360. The van der Waals surface area contributed by atoms with Gasteiger partial charge >= 0.3 is 0 Å². The molecule has 0 radical (unpaired) electrons. The first kappa shape index (κ1) is 25.9. The van der Waals surface area contributed by atoms with Crippen molar-refractivity contribution in [2.75, 3.05) is 43.5 Å². The quantitative estimate of drug-likeness (QED) is 0.389. The molecule has 17 heteroatoms. The zero-order valence-corrected chi connectivity index (χ0v) is 21.4. The molecule has 0 amide bonds. The number of aliphatic hydroxyl groups is 1. The Kier molecular flexibility index (Phi) is 7.22. The van der Waals surface area contributed by atoms with Gasteiger partial charge in [-0.15, -0.1) is 10.2 Å². The molecule has 3 atom stereocenters. The number of anilines is 2. The molecule has 0 bridgehead atoms. The van der Waals surface area contributed by atoms with Crippen LogP contribution < -0.4 is 19.1 Å². The predicted molar refractivity (Wildman–Crippen MR) is 129 cm³/mol. The van der Waals surface area contributed by atoms with Crippen molar-refractivity contribution in [3.8, 4) is 17.4 Å². The van der Waals surface area contributed by atoms with E-state index >= 15 is 0 Å². The molecule has 5 rings (SSSR count). The molecule has 0 aromatic carbocycles. The molecule has 38 heavy (non-hydrogen) atoms. The zero-order valence-electron chi connectivity index (χ0n) is 20.6. The summed E-state index contributed by atoms with van der Waals surface area (Å²) in [6.07, 6.45) is 3.12. The van der Waals surface area contributed by atoms with Gasteiger partial charge in [0.1, 0.15) is 17.7 Å². The Hall–Kier alpha value is -3.70. The lowest BCUT2D eigenvalue weighted by Gasteiger charge is -2.35. The van der Waals surface area contributed by atoms with Gasteiger partial charge in [0.2, 0.25) is 33.7 Å². The lowest BCUT2D eigenvalue weighted by Crippen LogP contribution is -2.50. The van der Waals surface area contributed by atoms with Crippen molar-refractivity contribution in [1.29, 1.82) is 0 Å². The zero-order chi connectivity index (χ0) is 26.9. The van der Waals surface area contributed by atoms with E-state index in [1.54, 1.807) is 0 Å². The van der Waals surface area contributed by atoms with Gasteiger partial charge in [0.15, 0.2) is 17.3 Å². The van der Waals surface area contributed by atoms with Crippen molar-refractivity contribution in [2.45, 2.75) is 36.7 Å². The Morgan fingerprint density at radius 2 is 1.82 bits per heavy atom. The molecule has 2 saturated heterocycles. The third-order valence-corrected chi connectivity index (χ3v) is 7.91. The van der Waals surface area contributed by atoms with Crippen LogP contribution >= 0.6 is 0 Å². The number of rotatable bonds is 8. The third kappa shape index (κ3) is 5.03. The summed E-state index contributed by atoms with van der Waals surface area (Å²) in [4.78, 5) is 17.6. The number of nitrogens with zero attached hydrogens (tertiary/aromatic N) is 8. The number of hydrogen-bond donors (Lipinski definition) is 2. The molecule has 3 aromatic heterocycles. The SMILES string of the molecule is COc1ncnc(OC)c1-n1c(NS(=O)(=O)[C@H]2C[C@H](O)CN(c3ncc(F)cn3)C2)nnc1C1CCCO1. The van der Waals surface area contributed by atoms with Crippen molar-refractivity contribution in [3.63, 3.8) is 0 Å². The van der Waals surface area contributed by atoms with Crippen LogP contribution in [0.4, 0.5) is 16.3 Å². The number of methoxy groups -OCH3 is 2. The highest BCUT2D eigenvalue weighted by Gasteiger charge is 2.38. The molecule has 5 heterocycles. The number of nitrogens with one attached hydrogen (secondary N) is 1. The van der Waals surface area contributed by atoms with Gasteiger partial charge in [-0.25, -0.2) is 22.8 Å². The molecule has 1 unspecified atom stereocenters. The summed E-state index contributed by atoms with van der Waals surface area (Å²) < 4.78 is 61.0. The lowest BCUT2D eigenvalue weighted by molar-refractivity contribution is 0.103. The molecular weight excluding hydrogens is 525 g/mol.